The van der Waals surface area contributed by atoms with Gasteiger partial charge in [0.1, 0.15) is 5.75 Å². The van der Waals surface area contributed by atoms with Gasteiger partial charge in [0.15, 0.2) is 0 Å². The van der Waals surface area contributed by atoms with Crippen molar-refractivity contribution in [2.75, 3.05) is 0 Å². The van der Waals surface area contributed by atoms with Gasteiger partial charge in [0.25, 0.3) is 0 Å². The molecule has 0 aliphatic carbocycles. The zero-order valence-electron chi connectivity index (χ0n) is 10.4. The van der Waals surface area contributed by atoms with Crippen molar-refractivity contribution < 1.29 is 32.6 Å². The van der Waals surface area contributed by atoms with Crippen molar-refractivity contribution in [2.45, 2.75) is 25.7 Å². The number of benzene rings is 1. The number of alkyl halides is 3. The van der Waals surface area contributed by atoms with Gasteiger partial charge in [0.05, 0.1) is 12.0 Å². The molecule has 0 aliphatic heterocycles. The number of carbonyl (C=O) groups is 2. The summed E-state index contributed by atoms with van der Waals surface area (Å²) in [5.41, 5.74) is 0.419. The lowest BCUT2D eigenvalue weighted by Crippen LogP contribution is -2.48. The molecule has 0 radical (unpaired) electrons. The highest BCUT2D eigenvalue weighted by Gasteiger charge is 2.30. The van der Waals surface area contributed by atoms with Crippen LogP contribution in [-0.2, 0) is 16.0 Å². The fraction of sp³-hybridized carbons (Fsp3) is 0.333. The normalized spacial score (nSPS) is 12.6. The van der Waals surface area contributed by atoms with Crippen LogP contribution in [0.2, 0.25) is 0 Å². The molecule has 1 aromatic rings. The molecular weight excluding hydrogens is 279 g/mol. The molecule has 0 spiro atoms. The lowest BCUT2D eigenvalue weighted by molar-refractivity contribution is -0.308. The van der Waals surface area contributed by atoms with Crippen molar-refractivity contribution in [1.29, 1.82) is 0 Å². The van der Waals surface area contributed by atoms with Gasteiger partial charge < -0.3 is 20.0 Å². The van der Waals surface area contributed by atoms with Crippen molar-refractivity contribution in [3.63, 3.8) is 0 Å². The summed E-state index contributed by atoms with van der Waals surface area (Å²) in [7, 11) is 0. The van der Waals surface area contributed by atoms with Gasteiger partial charge >= 0.3 is 6.36 Å². The number of carboxylic acid groups (broad SMARTS) is 1. The first-order chi connectivity index (χ1) is 9.17. The second kappa shape index (κ2) is 6.27. The summed E-state index contributed by atoms with van der Waals surface area (Å²) in [5.74, 6) is -2.43. The Morgan fingerprint density at radius 3 is 2.25 bits per heavy atom. The van der Waals surface area contributed by atoms with Gasteiger partial charge in [-0.1, -0.05) is 12.1 Å². The molecule has 1 amide bonds. The number of hydrogen-bond acceptors (Lipinski definition) is 4. The minimum absolute atomic E-state index is 0.103. The Morgan fingerprint density at radius 1 is 1.30 bits per heavy atom. The molecule has 0 aromatic heterocycles. The Balaban J connectivity index is 2.72. The van der Waals surface area contributed by atoms with E-state index in [4.69, 9.17) is 0 Å². The van der Waals surface area contributed by atoms with Crippen LogP contribution in [0.5, 0.6) is 5.75 Å². The molecule has 0 heterocycles. The third-order valence-electron chi connectivity index (χ3n) is 2.26. The number of carboxylic acids is 1. The second-order valence-electron chi connectivity index (χ2n) is 3.97. The highest BCUT2D eigenvalue weighted by Crippen LogP contribution is 2.22. The van der Waals surface area contributed by atoms with Crippen molar-refractivity contribution >= 4 is 11.9 Å². The van der Waals surface area contributed by atoms with Crippen LogP contribution in [0.4, 0.5) is 13.2 Å². The summed E-state index contributed by atoms with van der Waals surface area (Å²) < 4.78 is 39.5. The summed E-state index contributed by atoms with van der Waals surface area (Å²) in [6.45, 7) is 1.15. The SMILES string of the molecule is CC(=O)N[C@H](Cc1ccc(OC(F)(F)F)cc1)C(=O)[O-]. The zero-order valence-corrected chi connectivity index (χ0v) is 10.4. The third kappa shape index (κ3) is 5.59. The molecule has 0 bridgehead atoms. The first kappa shape index (κ1) is 15.8. The van der Waals surface area contributed by atoms with Gasteiger partial charge in [0.2, 0.25) is 5.91 Å². The van der Waals surface area contributed by atoms with Gasteiger partial charge in [-0.25, -0.2) is 0 Å². The van der Waals surface area contributed by atoms with E-state index in [0.717, 1.165) is 19.1 Å². The van der Waals surface area contributed by atoms with Crippen LogP contribution in [0, 0.1) is 0 Å². The number of hydrogen-bond donors (Lipinski definition) is 1. The Bertz CT molecular complexity index is 484. The monoisotopic (exact) mass is 290 g/mol. The third-order valence-corrected chi connectivity index (χ3v) is 2.26. The fourth-order valence-corrected chi connectivity index (χ4v) is 1.50. The van der Waals surface area contributed by atoms with Gasteiger partial charge in [-0.05, 0) is 24.1 Å². The molecule has 0 saturated carbocycles. The number of rotatable bonds is 5. The van der Waals surface area contributed by atoms with E-state index >= 15 is 0 Å². The van der Waals surface area contributed by atoms with E-state index in [1.165, 1.54) is 12.1 Å². The molecule has 5 nitrogen and oxygen atoms in total. The number of nitrogens with one attached hydrogen (secondary N) is 1. The van der Waals surface area contributed by atoms with E-state index in [2.05, 4.69) is 10.1 Å². The number of aliphatic carboxylic acids is 1. The van der Waals surface area contributed by atoms with E-state index in [9.17, 15) is 27.9 Å². The Morgan fingerprint density at radius 2 is 1.85 bits per heavy atom. The largest absolute Gasteiger partial charge is 0.573 e. The standard InChI is InChI=1S/C12H12F3NO4/c1-7(17)16-10(11(18)19)6-8-2-4-9(5-3-8)20-12(13,14)15/h2-5,10H,6H2,1H3,(H,16,17)(H,18,19)/p-1/t10-/m1/s1. The van der Waals surface area contributed by atoms with E-state index in [-0.39, 0.29) is 6.42 Å². The van der Waals surface area contributed by atoms with E-state index < -0.39 is 30.0 Å². The topological polar surface area (TPSA) is 78.5 Å². The van der Waals surface area contributed by atoms with Crippen LogP contribution in [0.15, 0.2) is 24.3 Å². The first-order valence-corrected chi connectivity index (χ1v) is 5.50. The van der Waals surface area contributed by atoms with E-state index in [1.807, 2.05) is 0 Å². The number of carbonyl (C=O) groups excluding carboxylic acids is 2. The average Bonchev–Trinajstić information content (AvgIpc) is 2.28. The minimum atomic E-state index is -4.79. The van der Waals surface area contributed by atoms with E-state index in [1.54, 1.807) is 0 Å². The molecule has 1 rings (SSSR count). The Kier molecular flexibility index (Phi) is 4.95. The average molecular weight is 290 g/mol. The first-order valence-electron chi connectivity index (χ1n) is 5.50. The molecule has 1 atom stereocenters. The molecule has 20 heavy (non-hydrogen) atoms. The van der Waals surface area contributed by atoms with Gasteiger partial charge in [-0.3, -0.25) is 4.79 Å². The quantitative estimate of drug-likeness (QED) is 0.850. The van der Waals surface area contributed by atoms with Gasteiger partial charge in [-0.15, -0.1) is 13.2 Å². The van der Waals surface area contributed by atoms with Gasteiger partial charge in [-0.2, -0.15) is 0 Å². The van der Waals surface area contributed by atoms with Crippen LogP contribution in [0.25, 0.3) is 0 Å². The maximum Gasteiger partial charge on any atom is 0.573 e. The van der Waals surface area contributed by atoms with Crippen molar-refractivity contribution in [3.05, 3.63) is 29.8 Å². The Hall–Kier alpha value is -2.25. The summed E-state index contributed by atoms with van der Waals surface area (Å²) in [6, 6.07) is 3.42. The van der Waals surface area contributed by atoms with Crippen molar-refractivity contribution in [1.82, 2.24) is 5.32 Å². The molecule has 0 fully saturated rings. The summed E-state index contributed by atoms with van der Waals surface area (Å²) in [6.07, 6.45) is -4.89. The molecule has 110 valence electrons. The zero-order chi connectivity index (χ0) is 15.3. The molecular formula is C12H11F3NO4-. The van der Waals surface area contributed by atoms with Crippen LogP contribution in [-0.4, -0.2) is 24.3 Å². The lowest BCUT2D eigenvalue weighted by atomic mass is 10.1. The predicted octanol–water partition coefficient (Wildman–Crippen LogP) is 0.382. The smallest absolute Gasteiger partial charge is 0.548 e. The van der Waals surface area contributed by atoms with Crippen molar-refractivity contribution in [3.8, 4) is 5.75 Å². The van der Waals surface area contributed by atoms with Crippen LogP contribution in [0.1, 0.15) is 12.5 Å². The highest BCUT2D eigenvalue weighted by atomic mass is 19.4. The fourth-order valence-electron chi connectivity index (χ4n) is 1.50. The molecule has 8 heteroatoms. The molecule has 0 unspecified atom stereocenters. The maximum atomic E-state index is 11.9. The second-order valence-corrected chi connectivity index (χ2v) is 3.97. The summed E-state index contributed by atoms with van der Waals surface area (Å²) in [5, 5.41) is 13.0. The highest BCUT2D eigenvalue weighted by molar-refractivity contribution is 5.81. The van der Waals surface area contributed by atoms with Crippen LogP contribution in [0.3, 0.4) is 0 Å². The Labute approximate surface area is 112 Å². The molecule has 1 aromatic carbocycles. The van der Waals surface area contributed by atoms with Crippen molar-refractivity contribution in [2.24, 2.45) is 0 Å². The number of amides is 1. The summed E-state index contributed by atoms with van der Waals surface area (Å²) in [4.78, 5) is 21.6. The van der Waals surface area contributed by atoms with Crippen LogP contribution < -0.4 is 15.2 Å². The van der Waals surface area contributed by atoms with E-state index in [0.29, 0.717) is 5.56 Å². The van der Waals surface area contributed by atoms with Gasteiger partial charge in [0, 0.05) is 6.92 Å². The lowest BCUT2D eigenvalue weighted by Gasteiger charge is -2.19. The number of halogens is 3. The molecule has 0 aliphatic rings. The number of ether oxygens (including phenoxy) is 1. The minimum Gasteiger partial charge on any atom is -0.548 e. The molecule has 0 saturated heterocycles. The maximum absolute atomic E-state index is 11.9. The van der Waals surface area contributed by atoms with Crippen LogP contribution >= 0.6 is 0 Å². The predicted molar refractivity (Wildman–Crippen MR) is 59.4 cm³/mol. The molecule has 1 N–H and O–H groups in total. The summed E-state index contributed by atoms with van der Waals surface area (Å²) >= 11 is 0.